The summed E-state index contributed by atoms with van der Waals surface area (Å²) in [6, 6.07) is 17.7. The molecule has 1 aliphatic rings. The van der Waals surface area contributed by atoms with Crippen LogP contribution in [-0.2, 0) is 11.2 Å². The summed E-state index contributed by atoms with van der Waals surface area (Å²) in [5.41, 5.74) is 2.82. The number of anilines is 1. The minimum absolute atomic E-state index is 0.0250. The molecule has 1 fully saturated rings. The monoisotopic (exact) mass is 364 g/mol. The van der Waals surface area contributed by atoms with Crippen molar-refractivity contribution in [3.63, 3.8) is 0 Å². The van der Waals surface area contributed by atoms with Gasteiger partial charge in [-0.15, -0.1) is 0 Å². The standard InChI is InChI=1S/C23H28N2O2/c1-18(26)21-7-9-22(10-8-21)24-23(27)13-16-25-14-11-20(12-15-25)17-19-5-3-2-4-6-19/h2-10,20H,11-17H2,1H3,(H,24,27). The molecule has 0 spiro atoms. The molecule has 0 aromatic heterocycles. The van der Waals surface area contributed by atoms with Gasteiger partial charge in [-0.3, -0.25) is 9.59 Å². The lowest BCUT2D eigenvalue weighted by Gasteiger charge is -2.31. The van der Waals surface area contributed by atoms with E-state index in [2.05, 4.69) is 40.5 Å². The Morgan fingerprint density at radius 2 is 1.67 bits per heavy atom. The summed E-state index contributed by atoms with van der Waals surface area (Å²) < 4.78 is 0. The third kappa shape index (κ3) is 6.04. The maximum Gasteiger partial charge on any atom is 0.225 e. The van der Waals surface area contributed by atoms with Gasteiger partial charge in [0.15, 0.2) is 5.78 Å². The molecule has 3 rings (SSSR count). The van der Waals surface area contributed by atoms with Crippen LogP contribution in [0, 0.1) is 5.92 Å². The van der Waals surface area contributed by atoms with Crippen molar-refractivity contribution in [2.24, 2.45) is 5.92 Å². The zero-order chi connectivity index (χ0) is 19.1. The van der Waals surface area contributed by atoms with E-state index < -0.39 is 0 Å². The van der Waals surface area contributed by atoms with Crippen molar-refractivity contribution in [1.29, 1.82) is 0 Å². The van der Waals surface area contributed by atoms with Gasteiger partial charge in [0.25, 0.3) is 0 Å². The first-order chi connectivity index (χ1) is 13.1. The second-order valence-corrected chi connectivity index (χ2v) is 7.41. The Morgan fingerprint density at radius 1 is 1.00 bits per heavy atom. The number of ketones is 1. The predicted octanol–water partition coefficient (Wildman–Crippen LogP) is 4.17. The fourth-order valence-electron chi connectivity index (χ4n) is 3.63. The Hall–Kier alpha value is -2.46. The molecule has 142 valence electrons. The molecule has 1 amide bonds. The van der Waals surface area contributed by atoms with Crippen LogP contribution < -0.4 is 5.32 Å². The number of likely N-dealkylation sites (tertiary alicyclic amines) is 1. The van der Waals surface area contributed by atoms with E-state index in [1.165, 1.54) is 25.3 Å². The number of rotatable bonds is 7. The highest BCUT2D eigenvalue weighted by molar-refractivity contribution is 5.95. The number of piperidine rings is 1. The summed E-state index contributed by atoms with van der Waals surface area (Å²) in [5, 5.41) is 2.91. The van der Waals surface area contributed by atoms with E-state index in [1.807, 2.05) is 0 Å². The van der Waals surface area contributed by atoms with Gasteiger partial charge in [-0.05, 0) is 75.0 Å². The molecule has 0 unspecified atom stereocenters. The Balaban J connectivity index is 1.37. The molecule has 2 aromatic rings. The lowest BCUT2D eigenvalue weighted by atomic mass is 9.90. The van der Waals surface area contributed by atoms with Crippen molar-refractivity contribution < 1.29 is 9.59 Å². The normalized spacial score (nSPS) is 15.4. The van der Waals surface area contributed by atoms with E-state index in [0.29, 0.717) is 12.0 Å². The van der Waals surface area contributed by atoms with Gasteiger partial charge < -0.3 is 10.2 Å². The molecule has 4 heteroatoms. The van der Waals surface area contributed by atoms with E-state index in [-0.39, 0.29) is 11.7 Å². The van der Waals surface area contributed by atoms with Gasteiger partial charge in [0.1, 0.15) is 0 Å². The third-order valence-electron chi connectivity index (χ3n) is 5.30. The molecule has 1 saturated heterocycles. The summed E-state index contributed by atoms with van der Waals surface area (Å²) in [6.45, 7) is 4.47. The summed E-state index contributed by atoms with van der Waals surface area (Å²) in [4.78, 5) is 25.9. The Morgan fingerprint density at radius 3 is 2.30 bits per heavy atom. The van der Waals surface area contributed by atoms with Gasteiger partial charge in [0.2, 0.25) is 5.91 Å². The summed E-state index contributed by atoms with van der Waals surface area (Å²) >= 11 is 0. The van der Waals surface area contributed by atoms with Gasteiger partial charge in [-0.2, -0.15) is 0 Å². The number of benzene rings is 2. The van der Waals surface area contributed by atoms with E-state index >= 15 is 0 Å². The molecule has 27 heavy (non-hydrogen) atoms. The van der Waals surface area contributed by atoms with Crippen molar-refractivity contribution in [1.82, 2.24) is 4.90 Å². The predicted molar refractivity (Wildman–Crippen MR) is 109 cm³/mol. The van der Waals surface area contributed by atoms with E-state index in [9.17, 15) is 9.59 Å². The number of nitrogens with one attached hydrogen (secondary N) is 1. The Labute approximate surface area is 161 Å². The number of nitrogens with zero attached hydrogens (tertiary/aromatic N) is 1. The molecule has 0 saturated carbocycles. The van der Waals surface area contributed by atoms with Crippen LogP contribution in [0.2, 0.25) is 0 Å². The number of carbonyl (C=O) groups is 2. The summed E-state index contributed by atoms with van der Waals surface area (Å²) in [7, 11) is 0. The molecule has 1 aliphatic heterocycles. The van der Waals surface area contributed by atoms with Crippen LogP contribution in [0.5, 0.6) is 0 Å². The van der Waals surface area contributed by atoms with Gasteiger partial charge in [-0.25, -0.2) is 0 Å². The molecule has 1 N–H and O–H groups in total. The van der Waals surface area contributed by atoms with Crippen LogP contribution in [0.25, 0.3) is 0 Å². The first kappa shape index (κ1) is 19.3. The first-order valence-corrected chi connectivity index (χ1v) is 9.77. The van der Waals surface area contributed by atoms with Crippen molar-refractivity contribution >= 4 is 17.4 Å². The van der Waals surface area contributed by atoms with E-state index in [0.717, 1.165) is 37.7 Å². The molecule has 0 aliphatic carbocycles. The number of Topliss-reactive ketones (excluding diaryl/α,β-unsaturated/α-hetero) is 1. The first-order valence-electron chi connectivity index (χ1n) is 9.77. The SMILES string of the molecule is CC(=O)c1ccc(NC(=O)CCN2CCC(Cc3ccccc3)CC2)cc1. The quantitative estimate of drug-likeness (QED) is 0.750. The lowest BCUT2D eigenvalue weighted by Crippen LogP contribution is -2.36. The third-order valence-corrected chi connectivity index (χ3v) is 5.30. The van der Waals surface area contributed by atoms with Gasteiger partial charge in [-0.1, -0.05) is 30.3 Å². The maximum atomic E-state index is 12.2. The van der Waals surface area contributed by atoms with Gasteiger partial charge in [0, 0.05) is 24.2 Å². The van der Waals surface area contributed by atoms with Crippen LogP contribution >= 0.6 is 0 Å². The molecular formula is C23H28N2O2. The van der Waals surface area contributed by atoms with Crippen LogP contribution in [0.15, 0.2) is 54.6 Å². The second-order valence-electron chi connectivity index (χ2n) is 7.41. The van der Waals surface area contributed by atoms with Gasteiger partial charge in [0.05, 0.1) is 0 Å². The zero-order valence-corrected chi connectivity index (χ0v) is 16.0. The number of hydrogen-bond donors (Lipinski definition) is 1. The van der Waals surface area contributed by atoms with Crippen molar-refractivity contribution in [2.45, 2.75) is 32.6 Å². The smallest absolute Gasteiger partial charge is 0.225 e. The van der Waals surface area contributed by atoms with Crippen molar-refractivity contribution in [3.05, 3.63) is 65.7 Å². The number of hydrogen-bond acceptors (Lipinski definition) is 3. The van der Waals surface area contributed by atoms with Crippen LogP contribution in [0.3, 0.4) is 0 Å². The fourth-order valence-corrected chi connectivity index (χ4v) is 3.63. The minimum Gasteiger partial charge on any atom is -0.326 e. The highest BCUT2D eigenvalue weighted by Gasteiger charge is 2.19. The second kappa shape index (κ2) is 9.47. The van der Waals surface area contributed by atoms with Crippen LogP contribution in [0.4, 0.5) is 5.69 Å². The maximum absolute atomic E-state index is 12.2. The highest BCUT2D eigenvalue weighted by atomic mass is 16.1. The molecule has 4 nitrogen and oxygen atoms in total. The number of carbonyl (C=O) groups excluding carboxylic acids is 2. The highest BCUT2D eigenvalue weighted by Crippen LogP contribution is 2.21. The molecule has 2 aromatic carbocycles. The largest absolute Gasteiger partial charge is 0.326 e. The van der Waals surface area contributed by atoms with Crippen LogP contribution in [0.1, 0.15) is 42.1 Å². The molecule has 0 radical (unpaired) electrons. The van der Waals surface area contributed by atoms with Crippen molar-refractivity contribution in [2.75, 3.05) is 25.0 Å². The summed E-state index contributed by atoms with van der Waals surface area (Å²) in [5.74, 6) is 0.804. The van der Waals surface area contributed by atoms with Crippen molar-refractivity contribution in [3.8, 4) is 0 Å². The molecular weight excluding hydrogens is 336 g/mol. The van der Waals surface area contributed by atoms with E-state index in [4.69, 9.17) is 0 Å². The van der Waals surface area contributed by atoms with E-state index in [1.54, 1.807) is 24.3 Å². The number of amides is 1. The Kier molecular flexibility index (Phi) is 6.77. The molecule has 0 bridgehead atoms. The lowest BCUT2D eigenvalue weighted by molar-refractivity contribution is -0.116. The minimum atomic E-state index is 0.0250. The fraction of sp³-hybridized carbons (Fsp3) is 0.391. The zero-order valence-electron chi connectivity index (χ0n) is 16.0. The van der Waals surface area contributed by atoms with Gasteiger partial charge >= 0.3 is 0 Å². The average molecular weight is 364 g/mol. The summed E-state index contributed by atoms with van der Waals surface area (Å²) in [6.07, 6.45) is 4.05. The van der Waals surface area contributed by atoms with Crippen LogP contribution in [-0.4, -0.2) is 36.2 Å². The molecule has 0 atom stereocenters. The topological polar surface area (TPSA) is 49.4 Å². The average Bonchev–Trinajstić information content (AvgIpc) is 2.69. The Bertz CT molecular complexity index is 748. The molecule has 1 heterocycles.